The summed E-state index contributed by atoms with van der Waals surface area (Å²) in [6.45, 7) is 12.3. The summed E-state index contributed by atoms with van der Waals surface area (Å²) in [7, 11) is -5.65. The molecule has 1 spiro atoms. The smallest absolute Gasteiger partial charge is 0.269 e. The molecular formula is C37H51FN4O5SSi. The summed E-state index contributed by atoms with van der Waals surface area (Å²) in [5.41, 5.74) is 3.14. The van der Waals surface area contributed by atoms with Crippen LogP contribution in [0.1, 0.15) is 74.3 Å². The van der Waals surface area contributed by atoms with Crippen LogP contribution in [0.2, 0.25) is 25.7 Å². The Morgan fingerprint density at radius 3 is 2.45 bits per heavy atom. The molecule has 0 saturated heterocycles. The molecule has 0 atom stereocenters. The van der Waals surface area contributed by atoms with Crippen molar-refractivity contribution in [1.82, 2.24) is 10.1 Å². The van der Waals surface area contributed by atoms with E-state index in [2.05, 4.69) is 31.7 Å². The molecule has 0 unspecified atom stereocenters. The first-order valence-corrected chi connectivity index (χ1v) is 22.7. The van der Waals surface area contributed by atoms with Gasteiger partial charge in [0.15, 0.2) is 0 Å². The number of aryl methyl sites for hydroxylation is 2. The highest BCUT2D eigenvalue weighted by atomic mass is 32.2. The van der Waals surface area contributed by atoms with Crippen molar-refractivity contribution in [3.8, 4) is 11.1 Å². The van der Waals surface area contributed by atoms with E-state index in [1.54, 1.807) is 38.1 Å². The molecule has 9 nitrogen and oxygen atoms in total. The highest BCUT2D eigenvalue weighted by Gasteiger charge is 2.49. The van der Waals surface area contributed by atoms with Crippen molar-refractivity contribution in [3.05, 3.63) is 64.8 Å². The third kappa shape index (κ3) is 8.02. The SMILES string of the molecule is CCCCC1=NC2(CCCC2)C(=O)N1Cc1ccc(-c2ccccc2S(=O)(=O)N(COCC[Si](C)(C)C)c2onc(C)c2C)c(CCF)c1. The Bertz CT molecular complexity index is 1780. The predicted molar refractivity (Wildman–Crippen MR) is 195 cm³/mol. The van der Waals surface area contributed by atoms with E-state index < -0.39 is 30.3 Å². The molecule has 266 valence electrons. The first-order chi connectivity index (χ1) is 23.3. The number of anilines is 1. The number of alkyl halides is 1. The number of halogens is 1. The second kappa shape index (κ2) is 15.3. The quantitative estimate of drug-likeness (QED) is 0.0843. The standard InChI is InChI=1S/C37H51FN4O5SSi/c1-7-8-15-34-39-37(19-11-12-20-37)36(43)41(34)25-29-16-17-31(30(24-29)18-21-38)32-13-9-10-14-33(32)48(44,45)42(26-46-22-23-49(4,5)6)35-27(2)28(3)40-47-35/h9-10,13-14,16-17,24H,7-8,11-12,15,18-23,25-26H2,1-6H3. The highest BCUT2D eigenvalue weighted by molar-refractivity contribution is 7.93. The van der Waals surface area contributed by atoms with Gasteiger partial charge in [-0.25, -0.2) is 12.7 Å². The summed E-state index contributed by atoms with van der Waals surface area (Å²) in [6.07, 6.45) is 6.35. The van der Waals surface area contributed by atoms with Crippen LogP contribution < -0.4 is 4.31 Å². The van der Waals surface area contributed by atoms with E-state index in [1.807, 2.05) is 23.1 Å². The van der Waals surface area contributed by atoms with Gasteiger partial charge < -0.3 is 9.26 Å². The molecular weight excluding hydrogens is 660 g/mol. The number of amidine groups is 1. The zero-order chi connectivity index (χ0) is 35.4. The predicted octanol–water partition coefficient (Wildman–Crippen LogP) is 8.22. The Labute approximate surface area is 292 Å². The number of ether oxygens (including phenoxy) is 1. The minimum Gasteiger partial charge on any atom is -0.360 e. The summed E-state index contributed by atoms with van der Waals surface area (Å²) in [6, 6.07) is 13.3. The molecule has 5 rings (SSSR count). The number of aliphatic imine (C=N–C) groups is 1. The fraction of sp³-hybridized carbons (Fsp3) is 0.541. The van der Waals surface area contributed by atoms with Crippen molar-refractivity contribution >= 4 is 35.7 Å². The van der Waals surface area contributed by atoms with E-state index >= 15 is 0 Å². The van der Waals surface area contributed by atoms with Crippen molar-refractivity contribution in [3.63, 3.8) is 0 Å². The lowest BCUT2D eigenvalue weighted by Crippen LogP contribution is -2.40. The van der Waals surface area contributed by atoms with Crippen LogP contribution in [0.25, 0.3) is 11.1 Å². The molecule has 0 radical (unpaired) electrons. The monoisotopic (exact) mass is 710 g/mol. The molecule has 0 N–H and O–H groups in total. The number of hydrogen-bond acceptors (Lipinski definition) is 7. The Morgan fingerprint density at radius 2 is 1.80 bits per heavy atom. The fourth-order valence-electron chi connectivity index (χ4n) is 6.63. The van der Waals surface area contributed by atoms with Crippen molar-refractivity contribution in [2.75, 3.05) is 24.3 Å². The number of sulfonamides is 1. The number of aromatic nitrogens is 1. The maximum absolute atomic E-state index is 14.6. The average Bonchev–Trinajstić information content (AvgIpc) is 3.74. The van der Waals surface area contributed by atoms with Crippen molar-refractivity contribution in [2.24, 2.45) is 4.99 Å². The van der Waals surface area contributed by atoms with E-state index in [-0.39, 0.29) is 29.8 Å². The molecule has 0 bridgehead atoms. The zero-order valence-corrected chi connectivity index (χ0v) is 31.7. The minimum absolute atomic E-state index is 0.0528. The van der Waals surface area contributed by atoms with Crippen molar-refractivity contribution in [2.45, 2.75) is 115 Å². The second-order valence-corrected chi connectivity index (χ2v) is 22.0. The molecule has 2 heterocycles. The number of rotatable bonds is 16. The van der Waals surface area contributed by atoms with Crippen LogP contribution >= 0.6 is 0 Å². The highest BCUT2D eigenvalue weighted by Crippen LogP contribution is 2.41. The van der Waals surface area contributed by atoms with Gasteiger partial charge in [0.2, 0.25) is 5.88 Å². The summed E-state index contributed by atoms with van der Waals surface area (Å²) in [5.74, 6) is 1.01. The molecule has 3 aromatic rings. The third-order valence-corrected chi connectivity index (χ3v) is 13.1. The van der Waals surface area contributed by atoms with Crippen LogP contribution in [0, 0.1) is 13.8 Å². The number of hydrogen-bond donors (Lipinski definition) is 0. The van der Waals surface area contributed by atoms with E-state index in [0.29, 0.717) is 41.1 Å². The zero-order valence-electron chi connectivity index (χ0n) is 29.9. The molecule has 1 fully saturated rings. The molecule has 2 aliphatic rings. The van der Waals surface area contributed by atoms with Crippen LogP contribution in [-0.2, 0) is 32.5 Å². The first kappa shape index (κ1) is 36.9. The van der Waals surface area contributed by atoms with Gasteiger partial charge in [0, 0.05) is 38.6 Å². The maximum Gasteiger partial charge on any atom is 0.269 e. The maximum atomic E-state index is 14.6. The Kier molecular flexibility index (Phi) is 11.5. The number of benzene rings is 2. The van der Waals surface area contributed by atoms with Gasteiger partial charge in [-0.2, -0.15) is 0 Å². The molecule has 1 amide bonds. The van der Waals surface area contributed by atoms with Crippen LogP contribution in [0.15, 0.2) is 56.9 Å². The molecule has 12 heteroatoms. The molecule has 1 aliphatic carbocycles. The fourth-order valence-corrected chi connectivity index (χ4v) is 8.93. The van der Waals surface area contributed by atoms with Crippen LogP contribution in [0.3, 0.4) is 0 Å². The number of carbonyl (C=O) groups is 1. The van der Waals surface area contributed by atoms with Crippen molar-refractivity contribution in [1.29, 1.82) is 0 Å². The van der Waals surface area contributed by atoms with Gasteiger partial charge in [-0.1, -0.05) is 87.4 Å². The minimum atomic E-state index is -4.23. The molecule has 2 aromatic carbocycles. The number of amides is 1. The first-order valence-electron chi connectivity index (χ1n) is 17.5. The van der Waals surface area contributed by atoms with E-state index in [9.17, 15) is 17.6 Å². The molecule has 1 aliphatic heterocycles. The number of carbonyl (C=O) groups excluding carboxylic acids is 1. The Morgan fingerprint density at radius 1 is 1.06 bits per heavy atom. The second-order valence-electron chi connectivity index (χ2n) is 14.6. The van der Waals surface area contributed by atoms with E-state index in [4.69, 9.17) is 14.3 Å². The van der Waals surface area contributed by atoms with Gasteiger partial charge in [0.25, 0.3) is 15.9 Å². The normalized spacial score (nSPS) is 16.2. The summed E-state index contributed by atoms with van der Waals surface area (Å²) in [4.78, 5) is 20.7. The topological polar surface area (TPSA) is 105 Å². The van der Waals surface area contributed by atoms with Crippen LogP contribution in [0.4, 0.5) is 10.3 Å². The van der Waals surface area contributed by atoms with Gasteiger partial charge in [-0.05, 0) is 61.9 Å². The van der Waals surface area contributed by atoms with E-state index in [0.717, 1.165) is 66.7 Å². The van der Waals surface area contributed by atoms with Crippen LogP contribution in [0.5, 0.6) is 0 Å². The van der Waals surface area contributed by atoms with Gasteiger partial charge in [-0.3, -0.25) is 19.1 Å². The lowest BCUT2D eigenvalue weighted by Gasteiger charge is -2.25. The largest absolute Gasteiger partial charge is 0.360 e. The third-order valence-electron chi connectivity index (χ3n) is 9.67. The van der Waals surface area contributed by atoms with Gasteiger partial charge >= 0.3 is 0 Å². The van der Waals surface area contributed by atoms with Crippen LogP contribution in [-0.4, -0.2) is 63.8 Å². The molecule has 1 aromatic heterocycles. The number of unbranched alkanes of at least 4 members (excludes halogenated alkanes) is 1. The average molecular weight is 711 g/mol. The molecule has 49 heavy (non-hydrogen) atoms. The summed E-state index contributed by atoms with van der Waals surface area (Å²) < 4.78 is 55.9. The van der Waals surface area contributed by atoms with Gasteiger partial charge in [0.1, 0.15) is 18.1 Å². The summed E-state index contributed by atoms with van der Waals surface area (Å²) in [5, 5.41) is 4.02. The Hall–Kier alpha value is -3.35. The van der Waals surface area contributed by atoms with Gasteiger partial charge in [-0.15, -0.1) is 0 Å². The Balaban J connectivity index is 1.49. The lowest BCUT2D eigenvalue weighted by molar-refractivity contribution is -0.131. The summed E-state index contributed by atoms with van der Waals surface area (Å²) >= 11 is 0. The number of nitrogens with zero attached hydrogens (tertiary/aromatic N) is 4. The van der Waals surface area contributed by atoms with E-state index in [1.165, 1.54) is 0 Å². The lowest BCUT2D eigenvalue weighted by atomic mass is 9.95. The molecule has 1 saturated carbocycles. The van der Waals surface area contributed by atoms with Crippen molar-refractivity contribution < 1.29 is 26.9 Å². The van der Waals surface area contributed by atoms with Gasteiger partial charge in [0.05, 0.1) is 23.8 Å².